The Balaban J connectivity index is 1.78. The molecule has 24 heavy (non-hydrogen) atoms. The van der Waals surface area contributed by atoms with Gasteiger partial charge >= 0.3 is 6.03 Å². The van der Waals surface area contributed by atoms with Crippen LogP contribution in [-0.2, 0) is 4.79 Å². The number of urea groups is 1. The summed E-state index contributed by atoms with van der Waals surface area (Å²) in [6.45, 7) is 4.67. The molecule has 0 atom stereocenters. The number of furan rings is 1. The maximum absolute atomic E-state index is 12.3. The second-order valence-corrected chi connectivity index (χ2v) is 5.89. The normalized spacial score (nSPS) is 15.0. The first kappa shape index (κ1) is 17.8. The average molecular weight is 336 g/mol. The number of carbonyl (C=O) groups excluding carboxylic acids is 3. The molecule has 1 aromatic heterocycles. The van der Waals surface area contributed by atoms with E-state index in [1.165, 1.54) is 7.05 Å². The number of hydrogen-bond donors (Lipinski definition) is 3. The van der Waals surface area contributed by atoms with Crippen LogP contribution in [0.1, 0.15) is 34.7 Å². The van der Waals surface area contributed by atoms with Gasteiger partial charge in [-0.15, -0.1) is 0 Å². The highest BCUT2D eigenvalue weighted by molar-refractivity contribution is 5.95. The molecule has 0 aliphatic carbocycles. The molecule has 8 nitrogen and oxygen atoms in total. The number of nitrogens with zero attached hydrogens (tertiary/aromatic N) is 1. The minimum absolute atomic E-state index is 0.0236. The van der Waals surface area contributed by atoms with E-state index in [9.17, 15) is 14.4 Å². The summed E-state index contributed by atoms with van der Waals surface area (Å²) in [6.07, 6.45) is 1.38. The standard InChI is InChI=1S/C16H24N4O4/c1-10-8-13(11(2)24-10)15(22)19-12-4-6-20(7-5-12)14(21)9-18-16(23)17-3/h8,12H,4-7,9H2,1-3H3,(H,19,22)(H2,17,18,23). The van der Waals surface area contributed by atoms with Gasteiger partial charge in [-0.25, -0.2) is 4.79 Å². The third-order valence-electron chi connectivity index (χ3n) is 4.10. The van der Waals surface area contributed by atoms with Gasteiger partial charge in [0, 0.05) is 26.2 Å². The Bertz CT molecular complexity index is 618. The molecule has 8 heteroatoms. The lowest BCUT2D eigenvalue weighted by Crippen LogP contribution is -2.49. The van der Waals surface area contributed by atoms with Crippen molar-refractivity contribution in [3.05, 3.63) is 23.2 Å². The maximum atomic E-state index is 12.3. The van der Waals surface area contributed by atoms with Crippen molar-refractivity contribution in [3.8, 4) is 0 Å². The highest BCUT2D eigenvalue weighted by Gasteiger charge is 2.25. The van der Waals surface area contributed by atoms with Crippen molar-refractivity contribution < 1.29 is 18.8 Å². The highest BCUT2D eigenvalue weighted by atomic mass is 16.3. The van der Waals surface area contributed by atoms with Crippen LogP contribution in [0.5, 0.6) is 0 Å². The molecule has 0 bridgehead atoms. The van der Waals surface area contributed by atoms with Gasteiger partial charge in [-0.05, 0) is 32.8 Å². The van der Waals surface area contributed by atoms with Gasteiger partial charge in [-0.1, -0.05) is 0 Å². The monoisotopic (exact) mass is 336 g/mol. The summed E-state index contributed by atoms with van der Waals surface area (Å²) in [5.41, 5.74) is 0.556. The number of likely N-dealkylation sites (tertiary alicyclic amines) is 1. The molecule has 3 N–H and O–H groups in total. The molecule has 2 heterocycles. The predicted molar refractivity (Wildman–Crippen MR) is 87.7 cm³/mol. The Morgan fingerprint density at radius 2 is 1.92 bits per heavy atom. The molecule has 0 aromatic carbocycles. The minimum Gasteiger partial charge on any atom is -0.466 e. The van der Waals surface area contributed by atoms with Crippen molar-refractivity contribution in [2.45, 2.75) is 32.7 Å². The smallest absolute Gasteiger partial charge is 0.314 e. The fourth-order valence-corrected chi connectivity index (χ4v) is 2.75. The third kappa shape index (κ3) is 4.50. The topological polar surface area (TPSA) is 104 Å². The van der Waals surface area contributed by atoms with E-state index in [2.05, 4.69) is 16.0 Å². The molecule has 1 aliphatic heterocycles. The van der Waals surface area contributed by atoms with Crippen LogP contribution in [0, 0.1) is 13.8 Å². The molecule has 132 valence electrons. The first-order valence-electron chi connectivity index (χ1n) is 8.02. The molecule has 2 rings (SSSR count). The lowest BCUT2D eigenvalue weighted by molar-refractivity contribution is -0.131. The Morgan fingerprint density at radius 1 is 1.25 bits per heavy atom. The number of hydrogen-bond acceptors (Lipinski definition) is 4. The van der Waals surface area contributed by atoms with Gasteiger partial charge < -0.3 is 25.3 Å². The summed E-state index contributed by atoms with van der Waals surface area (Å²) >= 11 is 0. The number of carbonyl (C=O) groups is 3. The molecular formula is C16H24N4O4. The van der Waals surface area contributed by atoms with E-state index in [-0.39, 0.29) is 30.4 Å². The van der Waals surface area contributed by atoms with E-state index in [1.807, 2.05) is 0 Å². The number of amides is 4. The molecule has 0 radical (unpaired) electrons. The van der Waals surface area contributed by atoms with Crippen LogP contribution in [0.25, 0.3) is 0 Å². The summed E-state index contributed by atoms with van der Waals surface area (Å²) < 4.78 is 5.38. The number of aryl methyl sites for hydroxylation is 2. The molecule has 1 saturated heterocycles. The molecule has 0 spiro atoms. The van der Waals surface area contributed by atoms with Crippen LogP contribution < -0.4 is 16.0 Å². The van der Waals surface area contributed by atoms with Crippen LogP contribution in [0.3, 0.4) is 0 Å². The summed E-state index contributed by atoms with van der Waals surface area (Å²) in [6, 6.07) is 1.38. The van der Waals surface area contributed by atoms with Crippen molar-refractivity contribution in [2.75, 3.05) is 26.7 Å². The average Bonchev–Trinajstić information content (AvgIpc) is 2.91. The number of rotatable bonds is 4. The number of piperidine rings is 1. The fraction of sp³-hybridized carbons (Fsp3) is 0.562. The van der Waals surface area contributed by atoms with E-state index < -0.39 is 0 Å². The van der Waals surface area contributed by atoms with Crippen LogP contribution in [0.2, 0.25) is 0 Å². The van der Waals surface area contributed by atoms with Crippen LogP contribution in [0.15, 0.2) is 10.5 Å². The van der Waals surface area contributed by atoms with Gasteiger partial charge in [0.25, 0.3) is 5.91 Å². The number of nitrogens with one attached hydrogen (secondary N) is 3. The predicted octanol–water partition coefficient (Wildman–Crippen LogP) is 0.546. The van der Waals surface area contributed by atoms with Crippen molar-refractivity contribution >= 4 is 17.8 Å². The third-order valence-corrected chi connectivity index (χ3v) is 4.10. The summed E-state index contributed by atoms with van der Waals surface area (Å²) in [4.78, 5) is 37.1. The van der Waals surface area contributed by atoms with Crippen molar-refractivity contribution in [2.24, 2.45) is 0 Å². The summed E-state index contributed by atoms with van der Waals surface area (Å²) in [5, 5.41) is 7.87. The van der Waals surface area contributed by atoms with E-state index in [1.54, 1.807) is 24.8 Å². The van der Waals surface area contributed by atoms with E-state index >= 15 is 0 Å². The molecule has 1 fully saturated rings. The first-order chi connectivity index (χ1) is 11.4. The van der Waals surface area contributed by atoms with E-state index in [0.29, 0.717) is 43.0 Å². The van der Waals surface area contributed by atoms with Gasteiger partial charge in [0.2, 0.25) is 5.91 Å². The zero-order valence-corrected chi connectivity index (χ0v) is 14.3. The summed E-state index contributed by atoms with van der Waals surface area (Å²) in [5.74, 6) is 1.06. The van der Waals surface area contributed by atoms with Crippen LogP contribution in [0.4, 0.5) is 4.79 Å². The van der Waals surface area contributed by atoms with Crippen molar-refractivity contribution in [3.63, 3.8) is 0 Å². The van der Waals surface area contributed by atoms with E-state index in [0.717, 1.165) is 0 Å². The maximum Gasteiger partial charge on any atom is 0.314 e. The van der Waals surface area contributed by atoms with Gasteiger partial charge in [0.1, 0.15) is 11.5 Å². The SMILES string of the molecule is CNC(=O)NCC(=O)N1CCC(NC(=O)c2cc(C)oc2C)CC1. The molecule has 0 saturated carbocycles. The second-order valence-electron chi connectivity index (χ2n) is 5.89. The first-order valence-corrected chi connectivity index (χ1v) is 8.02. The van der Waals surface area contributed by atoms with Crippen LogP contribution in [-0.4, -0.2) is 55.5 Å². The Kier molecular flexibility index (Phi) is 5.83. The van der Waals surface area contributed by atoms with Gasteiger partial charge in [-0.3, -0.25) is 9.59 Å². The zero-order valence-electron chi connectivity index (χ0n) is 14.3. The van der Waals surface area contributed by atoms with Gasteiger partial charge in [0.15, 0.2) is 0 Å². The van der Waals surface area contributed by atoms with Gasteiger partial charge in [0.05, 0.1) is 12.1 Å². The lowest BCUT2D eigenvalue weighted by atomic mass is 10.0. The largest absolute Gasteiger partial charge is 0.466 e. The highest BCUT2D eigenvalue weighted by Crippen LogP contribution is 2.16. The Morgan fingerprint density at radius 3 is 2.46 bits per heavy atom. The van der Waals surface area contributed by atoms with Crippen molar-refractivity contribution in [1.82, 2.24) is 20.9 Å². The quantitative estimate of drug-likeness (QED) is 0.747. The molecule has 4 amide bonds. The van der Waals surface area contributed by atoms with Gasteiger partial charge in [-0.2, -0.15) is 0 Å². The Labute approximate surface area is 140 Å². The zero-order chi connectivity index (χ0) is 17.7. The molecule has 1 aromatic rings. The molecular weight excluding hydrogens is 312 g/mol. The second kappa shape index (κ2) is 7.85. The molecule has 0 unspecified atom stereocenters. The van der Waals surface area contributed by atoms with Crippen LogP contribution >= 0.6 is 0 Å². The van der Waals surface area contributed by atoms with Crippen molar-refractivity contribution in [1.29, 1.82) is 0 Å². The molecule has 1 aliphatic rings. The minimum atomic E-state index is -0.378. The summed E-state index contributed by atoms with van der Waals surface area (Å²) in [7, 11) is 1.50. The Hall–Kier alpha value is -2.51. The van der Waals surface area contributed by atoms with E-state index in [4.69, 9.17) is 4.42 Å². The fourth-order valence-electron chi connectivity index (χ4n) is 2.75. The lowest BCUT2D eigenvalue weighted by Gasteiger charge is -2.32.